The first-order valence-corrected chi connectivity index (χ1v) is 5.93. The van der Waals surface area contributed by atoms with E-state index in [1.165, 1.54) is 0 Å². The lowest BCUT2D eigenvalue weighted by Crippen LogP contribution is -2.26. The zero-order valence-electron chi connectivity index (χ0n) is 8.87. The minimum Gasteiger partial charge on any atom is -0.382 e. The maximum absolute atomic E-state index is 12.1. The molecule has 1 amide bonds. The molecule has 0 unspecified atom stereocenters. The van der Waals surface area contributed by atoms with Crippen LogP contribution in [-0.2, 0) is 0 Å². The third-order valence-corrected chi connectivity index (χ3v) is 3.09. The van der Waals surface area contributed by atoms with Crippen LogP contribution in [0.2, 0.25) is 0 Å². The third-order valence-electron chi connectivity index (χ3n) is 2.28. The van der Waals surface area contributed by atoms with Gasteiger partial charge in [-0.25, -0.2) is 8.78 Å². The van der Waals surface area contributed by atoms with E-state index in [-0.39, 0.29) is 23.3 Å². The monoisotopic (exact) mass is 262 g/mol. The molecule has 0 radical (unpaired) electrons. The number of nitrogens with two attached hydrogens (primary N) is 1. The van der Waals surface area contributed by atoms with Crippen LogP contribution in [0.1, 0.15) is 23.2 Å². The molecule has 0 spiro atoms. The summed E-state index contributed by atoms with van der Waals surface area (Å²) in [6, 6.07) is 0.185. The fraction of sp³-hybridized carbons (Fsp3) is 0.556. The largest absolute Gasteiger partial charge is 0.382 e. The van der Waals surface area contributed by atoms with Gasteiger partial charge >= 0.3 is 0 Å². The maximum Gasteiger partial charge on any atom is 0.258 e. The number of carbonyl (C=O) groups is 1. The van der Waals surface area contributed by atoms with Crippen molar-refractivity contribution in [1.29, 1.82) is 0 Å². The van der Waals surface area contributed by atoms with Crippen molar-refractivity contribution in [2.24, 2.45) is 0 Å². The van der Waals surface area contributed by atoms with Crippen molar-refractivity contribution in [2.45, 2.75) is 25.3 Å². The highest BCUT2D eigenvalue weighted by molar-refractivity contribution is 7.11. The quantitative estimate of drug-likeness (QED) is 0.747. The number of carbonyl (C=O) groups excluding carboxylic acids is 1. The van der Waals surface area contributed by atoms with Crippen molar-refractivity contribution in [1.82, 2.24) is 9.69 Å². The molecule has 0 aromatic carbocycles. The van der Waals surface area contributed by atoms with Gasteiger partial charge < -0.3 is 16.4 Å². The zero-order chi connectivity index (χ0) is 12.4. The number of hydrogen-bond donors (Lipinski definition) is 3. The van der Waals surface area contributed by atoms with Gasteiger partial charge in [0.25, 0.3) is 12.3 Å². The van der Waals surface area contributed by atoms with E-state index in [4.69, 9.17) is 5.73 Å². The molecule has 17 heavy (non-hydrogen) atoms. The average Bonchev–Trinajstić information content (AvgIpc) is 2.97. The first-order valence-electron chi connectivity index (χ1n) is 5.16. The molecule has 94 valence electrons. The molecule has 0 aliphatic heterocycles. The Labute approximate surface area is 101 Å². The van der Waals surface area contributed by atoms with Gasteiger partial charge in [-0.15, -0.1) is 0 Å². The molecule has 4 N–H and O–H groups in total. The van der Waals surface area contributed by atoms with E-state index in [9.17, 15) is 13.6 Å². The van der Waals surface area contributed by atoms with Crippen LogP contribution in [0, 0.1) is 0 Å². The summed E-state index contributed by atoms with van der Waals surface area (Å²) in [6.45, 7) is -0.522. The number of anilines is 2. The second kappa shape index (κ2) is 4.82. The summed E-state index contributed by atoms with van der Waals surface area (Å²) in [5, 5.41) is 5.51. The summed E-state index contributed by atoms with van der Waals surface area (Å²) >= 11 is 0.914. The average molecular weight is 262 g/mol. The molecular formula is C9H12F2N4OS. The lowest BCUT2D eigenvalue weighted by atomic mass is 10.3. The summed E-state index contributed by atoms with van der Waals surface area (Å²) in [5.74, 6) is -0.277. The molecule has 2 rings (SSSR count). The summed E-state index contributed by atoms with van der Waals surface area (Å²) in [7, 11) is 0. The van der Waals surface area contributed by atoms with Crippen molar-refractivity contribution in [3.05, 3.63) is 5.56 Å². The maximum atomic E-state index is 12.1. The van der Waals surface area contributed by atoms with Crippen LogP contribution >= 0.6 is 11.5 Å². The molecule has 0 bridgehead atoms. The van der Waals surface area contributed by atoms with E-state index < -0.39 is 13.0 Å². The lowest BCUT2D eigenvalue weighted by molar-refractivity contribution is 0.0952. The Balaban J connectivity index is 2.07. The van der Waals surface area contributed by atoms with E-state index in [1.807, 2.05) is 0 Å². The molecule has 1 aromatic rings. The predicted molar refractivity (Wildman–Crippen MR) is 61.5 cm³/mol. The Kier molecular flexibility index (Phi) is 3.41. The number of nitrogen functional groups attached to an aromatic ring is 1. The predicted octanol–water partition coefficient (Wildman–Crippen LogP) is 1.29. The molecule has 1 aliphatic rings. The van der Waals surface area contributed by atoms with Gasteiger partial charge in [0.2, 0.25) is 0 Å². The molecule has 1 saturated carbocycles. The molecule has 0 saturated heterocycles. The number of halogens is 2. The normalized spacial score (nSPS) is 15.0. The van der Waals surface area contributed by atoms with Crippen molar-refractivity contribution < 1.29 is 13.6 Å². The van der Waals surface area contributed by atoms with Crippen LogP contribution in [0.3, 0.4) is 0 Å². The minimum absolute atomic E-state index is 0.0740. The molecule has 1 heterocycles. The van der Waals surface area contributed by atoms with E-state index in [0.29, 0.717) is 5.00 Å². The highest BCUT2D eigenvalue weighted by Crippen LogP contribution is 2.28. The number of hydrogen-bond acceptors (Lipinski definition) is 5. The van der Waals surface area contributed by atoms with Gasteiger partial charge in [-0.05, 0) is 24.4 Å². The van der Waals surface area contributed by atoms with E-state index >= 15 is 0 Å². The van der Waals surface area contributed by atoms with E-state index in [1.54, 1.807) is 0 Å². The second-order valence-electron chi connectivity index (χ2n) is 3.79. The Bertz CT molecular complexity index is 419. The zero-order valence-corrected chi connectivity index (χ0v) is 9.69. The highest BCUT2D eigenvalue weighted by atomic mass is 32.1. The molecule has 5 nitrogen and oxygen atoms in total. The number of alkyl halides is 2. The number of rotatable bonds is 5. The number of nitrogens with one attached hydrogen (secondary N) is 2. The molecule has 1 aliphatic carbocycles. The molecular weight excluding hydrogens is 250 g/mol. The molecule has 8 heteroatoms. The smallest absolute Gasteiger partial charge is 0.258 e. The Morgan fingerprint density at radius 2 is 2.29 bits per heavy atom. The number of nitrogens with zero attached hydrogens (tertiary/aromatic N) is 1. The fourth-order valence-electron chi connectivity index (χ4n) is 1.30. The van der Waals surface area contributed by atoms with E-state index in [0.717, 1.165) is 24.4 Å². The Morgan fingerprint density at radius 1 is 1.59 bits per heavy atom. The summed E-state index contributed by atoms with van der Waals surface area (Å²) in [4.78, 5) is 11.8. The van der Waals surface area contributed by atoms with Crippen molar-refractivity contribution >= 4 is 28.3 Å². The fourth-order valence-corrected chi connectivity index (χ4v) is 2.01. The number of amides is 1. The first-order chi connectivity index (χ1) is 8.08. The van der Waals surface area contributed by atoms with Crippen LogP contribution in [0.15, 0.2) is 0 Å². The van der Waals surface area contributed by atoms with Crippen LogP contribution in [-0.4, -0.2) is 29.3 Å². The summed E-state index contributed by atoms with van der Waals surface area (Å²) in [6.07, 6.45) is -0.593. The van der Waals surface area contributed by atoms with Crippen LogP contribution < -0.4 is 16.4 Å². The SMILES string of the molecule is Nc1nsc(NCC(F)F)c1C(=O)NC1CC1. The van der Waals surface area contributed by atoms with Gasteiger partial charge in [-0.1, -0.05) is 0 Å². The van der Waals surface area contributed by atoms with Gasteiger partial charge in [-0.3, -0.25) is 4.79 Å². The molecule has 1 fully saturated rings. The second-order valence-corrected chi connectivity index (χ2v) is 4.57. The topological polar surface area (TPSA) is 80.0 Å². The molecule has 1 aromatic heterocycles. The van der Waals surface area contributed by atoms with Gasteiger partial charge in [-0.2, -0.15) is 4.37 Å². The van der Waals surface area contributed by atoms with E-state index in [2.05, 4.69) is 15.0 Å². The van der Waals surface area contributed by atoms with Gasteiger partial charge in [0.05, 0.1) is 6.54 Å². The third kappa shape index (κ3) is 3.02. The lowest BCUT2D eigenvalue weighted by Gasteiger charge is -2.06. The van der Waals surface area contributed by atoms with Gasteiger partial charge in [0, 0.05) is 6.04 Å². The molecule has 0 atom stereocenters. The summed E-state index contributed by atoms with van der Waals surface area (Å²) < 4.78 is 27.9. The number of aromatic nitrogens is 1. The van der Waals surface area contributed by atoms with Gasteiger partial charge in [0.15, 0.2) is 5.82 Å². The van der Waals surface area contributed by atoms with Crippen molar-refractivity contribution in [3.8, 4) is 0 Å². The van der Waals surface area contributed by atoms with Crippen LogP contribution in [0.25, 0.3) is 0 Å². The summed E-state index contributed by atoms with van der Waals surface area (Å²) in [5.41, 5.74) is 5.72. The van der Waals surface area contributed by atoms with Crippen LogP contribution in [0.4, 0.5) is 19.6 Å². The Morgan fingerprint density at radius 3 is 2.88 bits per heavy atom. The highest BCUT2D eigenvalue weighted by Gasteiger charge is 2.27. The minimum atomic E-state index is -2.49. The van der Waals surface area contributed by atoms with Crippen molar-refractivity contribution in [2.75, 3.05) is 17.6 Å². The van der Waals surface area contributed by atoms with Crippen LogP contribution in [0.5, 0.6) is 0 Å². The van der Waals surface area contributed by atoms with Gasteiger partial charge in [0.1, 0.15) is 10.6 Å². The van der Waals surface area contributed by atoms with Crippen molar-refractivity contribution in [3.63, 3.8) is 0 Å². The first kappa shape index (κ1) is 12.0. The Hall–Kier alpha value is -1.44. The standard InChI is InChI=1S/C9H12F2N4OS/c10-5(11)3-13-9-6(7(12)15-17-9)8(16)14-4-1-2-4/h4-5,13H,1-3H2,(H2,12,15)(H,14,16).